The Balaban J connectivity index is 2.33. The zero-order chi connectivity index (χ0) is 14.5. The number of ether oxygens (including phenoxy) is 2. The standard InChI is InChI=1S/C11H24NO6P/c1-11(2)15-8-10(18-11)9-17-19(13,14-5)16-7-6-12(3)4/h10H,6-9H2,1-5H3. The molecule has 2 unspecified atom stereocenters. The van der Waals surface area contributed by atoms with Gasteiger partial charge >= 0.3 is 7.82 Å². The van der Waals surface area contributed by atoms with E-state index in [1.807, 2.05) is 32.8 Å². The second-order valence-corrected chi connectivity index (χ2v) is 6.79. The molecule has 2 atom stereocenters. The maximum Gasteiger partial charge on any atom is 0.474 e. The summed E-state index contributed by atoms with van der Waals surface area (Å²) in [5.74, 6) is -0.628. The van der Waals surface area contributed by atoms with E-state index in [1.165, 1.54) is 7.11 Å². The normalized spacial score (nSPS) is 25.7. The molecular weight excluding hydrogens is 273 g/mol. The first kappa shape index (κ1) is 17.0. The van der Waals surface area contributed by atoms with Gasteiger partial charge in [0.15, 0.2) is 5.79 Å². The van der Waals surface area contributed by atoms with E-state index in [1.54, 1.807) is 0 Å². The minimum atomic E-state index is -3.51. The van der Waals surface area contributed by atoms with Gasteiger partial charge in [0, 0.05) is 13.7 Å². The largest absolute Gasteiger partial charge is 0.474 e. The van der Waals surface area contributed by atoms with Crippen LogP contribution in [-0.2, 0) is 27.6 Å². The Labute approximate surface area is 114 Å². The van der Waals surface area contributed by atoms with Crippen LogP contribution in [0.5, 0.6) is 0 Å². The Kier molecular flexibility index (Phi) is 6.39. The average Bonchev–Trinajstić information content (AvgIpc) is 2.66. The Morgan fingerprint density at radius 1 is 1.37 bits per heavy atom. The maximum absolute atomic E-state index is 12.1. The van der Waals surface area contributed by atoms with Gasteiger partial charge in [-0.2, -0.15) is 0 Å². The van der Waals surface area contributed by atoms with Crippen molar-refractivity contribution in [1.29, 1.82) is 0 Å². The summed E-state index contributed by atoms with van der Waals surface area (Å²) >= 11 is 0. The van der Waals surface area contributed by atoms with Crippen molar-refractivity contribution >= 4 is 7.82 Å². The van der Waals surface area contributed by atoms with Crippen LogP contribution in [0.3, 0.4) is 0 Å². The molecule has 0 radical (unpaired) electrons. The summed E-state index contributed by atoms with van der Waals surface area (Å²) in [5.41, 5.74) is 0. The molecular formula is C11H24NO6P. The third-order valence-corrected chi connectivity index (χ3v) is 3.91. The number of phosphoric acid groups is 1. The smallest absolute Gasteiger partial charge is 0.348 e. The van der Waals surface area contributed by atoms with Crippen molar-refractivity contribution in [1.82, 2.24) is 4.90 Å². The summed E-state index contributed by atoms with van der Waals surface area (Å²) < 4.78 is 38.3. The molecule has 1 fully saturated rings. The van der Waals surface area contributed by atoms with E-state index in [9.17, 15) is 4.57 Å². The van der Waals surface area contributed by atoms with Crippen molar-refractivity contribution in [2.45, 2.75) is 25.7 Å². The second kappa shape index (κ2) is 7.13. The molecule has 0 saturated carbocycles. The predicted octanol–water partition coefficient (Wildman–Crippen LogP) is 1.49. The van der Waals surface area contributed by atoms with Crippen LogP contribution in [0.1, 0.15) is 13.8 Å². The highest BCUT2D eigenvalue weighted by Gasteiger charge is 2.35. The SMILES string of the molecule is COP(=O)(OCCN(C)C)OCC1COC(C)(C)O1. The number of nitrogens with zero attached hydrogens (tertiary/aromatic N) is 1. The van der Waals surface area contributed by atoms with E-state index >= 15 is 0 Å². The minimum absolute atomic E-state index is 0.108. The molecule has 1 saturated heterocycles. The van der Waals surface area contributed by atoms with Gasteiger partial charge in [0.2, 0.25) is 0 Å². The predicted molar refractivity (Wildman–Crippen MR) is 70.0 cm³/mol. The zero-order valence-electron chi connectivity index (χ0n) is 12.2. The second-order valence-electron chi connectivity index (χ2n) is 5.01. The van der Waals surface area contributed by atoms with Gasteiger partial charge in [0.1, 0.15) is 6.10 Å². The van der Waals surface area contributed by atoms with Gasteiger partial charge in [-0.05, 0) is 27.9 Å². The average molecular weight is 297 g/mol. The fourth-order valence-electron chi connectivity index (χ4n) is 1.50. The third-order valence-electron chi connectivity index (χ3n) is 2.50. The first-order chi connectivity index (χ1) is 8.76. The molecule has 0 spiro atoms. The van der Waals surface area contributed by atoms with Crippen LogP contribution in [0.15, 0.2) is 0 Å². The molecule has 114 valence electrons. The number of rotatable bonds is 8. The van der Waals surface area contributed by atoms with Gasteiger partial charge in [-0.1, -0.05) is 0 Å². The summed E-state index contributed by atoms with van der Waals surface area (Å²) in [7, 11) is 1.58. The lowest BCUT2D eigenvalue weighted by atomic mass is 10.4. The topological polar surface area (TPSA) is 66.5 Å². The van der Waals surface area contributed by atoms with Crippen molar-refractivity contribution in [3.8, 4) is 0 Å². The number of hydrogen-bond acceptors (Lipinski definition) is 7. The Hall–Kier alpha value is -0.0100. The lowest BCUT2D eigenvalue weighted by Crippen LogP contribution is -2.24. The highest BCUT2D eigenvalue weighted by Crippen LogP contribution is 2.48. The summed E-state index contributed by atoms with van der Waals surface area (Å²) in [6, 6.07) is 0. The van der Waals surface area contributed by atoms with E-state index in [4.69, 9.17) is 23.0 Å². The maximum atomic E-state index is 12.1. The van der Waals surface area contributed by atoms with Crippen LogP contribution in [-0.4, -0.2) is 64.4 Å². The molecule has 1 heterocycles. The molecule has 8 heteroatoms. The van der Waals surface area contributed by atoms with Crippen molar-refractivity contribution in [2.24, 2.45) is 0 Å². The highest BCUT2D eigenvalue weighted by molar-refractivity contribution is 7.48. The molecule has 7 nitrogen and oxygen atoms in total. The molecule has 1 aliphatic heterocycles. The molecule has 0 amide bonds. The van der Waals surface area contributed by atoms with Gasteiger partial charge in [-0.15, -0.1) is 0 Å². The third kappa shape index (κ3) is 6.31. The summed E-state index contributed by atoms with van der Waals surface area (Å²) in [6.07, 6.45) is -0.268. The Morgan fingerprint density at radius 3 is 2.53 bits per heavy atom. The first-order valence-electron chi connectivity index (χ1n) is 6.18. The van der Waals surface area contributed by atoms with E-state index in [0.717, 1.165) is 0 Å². The molecule has 1 rings (SSSR count). The van der Waals surface area contributed by atoms with Gasteiger partial charge < -0.3 is 14.4 Å². The van der Waals surface area contributed by atoms with Crippen molar-refractivity contribution in [3.05, 3.63) is 0 Å². The lowest BCUT2D eigenvalue weighted by molar-refractivity contribution is -0.142. The monoisotopic (exact) mass is 297 g/mol. The van der Waals surface area contributed by atoms with Gasteiger partial charge in [0.25, 0.3) is 0 Å². The van der Waals surface area contributed by atoms with Gasteiger partial charge in [-0.25, -0.2) is 4.57 Å². The first-order valence-corrected chi connectivity index (χ1v) is 7.64. The molecule has 0 aromatic carbocycles. The van der Waals surface area contributed by atoms with Crippen LogP contribution >= 0.6 is 7.82 Å². The van der Waals surface area contributed by atoms with E-state index in [0.29, 0.717) is 13.2 Å². The van der Waals surface area contributed by atoms with Crippen molar-refractivity contribution in [3.63, 3.8) is 0 Å². The van der Waals surface area contributed by atoms with Crippen LogP contribution in [0, 0.1) is 0 Å². The summed E-state index contributed by atoms with van der Waals surface area (Å²) in [5, 5.41) is 0. The van der Waals surface area contributed by atoms with Crippen molar-refractivity contribution < 1.29 is 27.6 Å². The zero-order valence-corrected chi connectivity index (χ0v) is 13.1. The molecule has 19 heavy (non-hydrogen) atoms. The van der Waals surface area contributed by atoms with E-state index in [2.05, 4.69) is 0 Å². The number of hydrogen-bond donors (Lipinski definition) is 0. The van der Waals surface area contributed by atoms with Crippen LogP contribution in [0.2, 0.25) is 0 Å². The molecule has 0 aliphatic carbocycles. The molecule has 0 N–H and O–H groups in total. The quantitative estimate of drug-likeness (QED) is 0.629. The Bertz CT molecular complexity index is 322. The number of likely N-dealkylation sites (N-methyl/N-ethyl adjacent to an activating group) is 1. The van der Waals surface area contributed by atoms with Crippen LogP contribution < -0.4 is 0 Å². The fraction of sp³-hybridized carbons (Fsp3) is 1.00. The van der Waals surface area contributed by atoms with E-state index in [-0.39, 0.29) is 19.3 Å². The molecule has 0 aromatic rings. The minimum Gasteiger partial charge on any atom is -0.348 e. The molecule has 0 bridgehead atoms. The van der Waals surface area contributed by atoms with Crippen LogP contribution in [0.25, 0.3) is 0 Å². The molecule has 0 aromatic heterocycles. The number of phosphoric ester groups is 1. The van der Waals surface area contributed by atoms with Crippen molar-refractivity contribution in [2.75, 3.05) is 47.6 Å². The van der Waals surface area contributed by atoms with Gasteiger partial charge in [0.05, 0.1) is 19.8 Å². The molecule has 1 aliphatic rings. The van der Waals surface area contributed by atoms with E-state index < -0.39 is 13.6 Å². The highest BCUT2D eigenvalue weighted by atomic mass is 31.2. The van der Waals surface area contributed by atoms with Gasteiger partial charge in [-0.3, -0.25) is 13.6 Å². The fourth-order valence-corrected chi connectivity index (χ4v) is 2.44. The summed E-state index contributed by atoms with van der Waals surface area (Å²) in [4.78, 5) is 1.91. The summed E-state index contributed by atoms with van der Waals surface area (Å²) in [6.45, 7) is 5.04. The Morgan fingerprint density at radius 2 is 2.05 bits per heavy atom. The lowest BCUT2D eigenvalue weighted by Gasteiger charge is -2.20. The van der Waals surface area contributed by atoms with Crippen LogP contribution in [0.4, 0.5) is 0 Å².